The quantitative estimate of drug-likeness (QED) is 0.662. The molecule has 0 aliphatic carbocycles. The summed E-state index contributed by atoms with van der Waals surface area (Å²) in [6.07, 6.45) is 3.80. The Morgan fingerprint density at radius 1 is 1.00 bits per heavy atom. The van der Waals surface area contributed by atoms with E-state index in [1.807, 2.05) is 29.1 Å². The molecule has 96 valence electrons. The minimum Gasteiger partial charge on any atom is -0.503 e. The lowest BCUT2D eigenvalue weighted by molar-refractivity contribution is 0.477. The van der Waals surface area contributed by atoms with Gasteiger partial charge in [-0.2, -0.15) is 0 Å². The molecule has 0 atom stereocenters. The third-order valence-electron chi connectivity index (χ3n) is 2.74. The first kappa shape index (κ1) is 12.1. The van der Waals surface area contributed by atoms with E-state index in [9.17, 15) is 5.11 Å². The molecule has 0 amide bonds. The first-order valence-corrected chi connectivity index (χ1v) is 5.66. The predicted octanol–water partition coefficient (Wildman–Crippen LogP) is 1.70. The van der Waals surface area contributed by atoms with Crippen LogP contribution in [0.4, 0.5) is 17.2 Å². The van der Waals surface area contributed by atoms with Gasteiger partial charge in [0, 0.05) is 33.5 Å². The second-order valence-corrected chi connectivity index (χ2v) is 3.72. The molecule has 0 unspecified atom stereocenters. The van der Waals surface area contributed by atoms with Gasteiger partial charge in [0.2, 0.25) is 0 Å². The molecule has 0 aromatic carbocycles. The summed E-state index contributed by atoms with van der Waals surface area (Å²) >= 11 is 0. The highest BCUT2D eigenvalue weighted by atomic mass is 16.3. The van der Waals surface area contributed by atoms with Crippen LogP contribution >= 0.6 is 0 Å². The van der Waals surface area contributed by atoms with Crippen molar-refractivity contribution in [2.45, 2.75) is 0 Å². The number of hydrogen-bond donors (Lipinski definition) is 4. The van der Waals surface area contributed by atoms with Crippen LogP contribution in [0.5, 0.6) is 5.75 Å². The largest absolute Gasteiger partial charge is 0.503 e. The number of aromatic hydroxyl groups is 1. The number of aromatic nitrogens is 2. The SMILES string of the molecule is CNc1nc(-n2cccc2)c(NC)c(NC)c1O. The Bertz CT molecular complexity index is 536. The van der Waals surface area contributed by atoms with Gasteiger partial charge in [-0.1, -0.05) is 0 Å². The van der Waals surface area contributed by atoms with E-state index in [1.165, 1.54) is 0 Å². The van der Waals surface area contributed by atoms with Crippen molar-refractivity contribution < 1.29 is 5.11 Å². The third-order valence-corrected chi connectivity index (χ3v) is 2.74. The number of hydrogen-bond acceptors (Lipinski definition) is 5. The maximum Gasteiger partial charge on any atom is 0.184 e. The summed E-state index contributed by atoms with van der Waals surface area (Å²) in [7, 11) is 5.28. The van der Waals surface area contributed by atoms with Gasteiger partial charge < -0.3 is 25.6 Å². The Labute approximate surface area is 106 Å². The van der Waals surface area contributed by atoms with Gasteiger partial charge in [0.25, 0.3) is 0 Å². The van der Waals surface area contributed by atoms with Crippen molar-refractivity contribution in [1.29, 1.82) is 0 Å². The summed E-state index contributed by atoms with van der Waals surface area (Å²) in [6, 6.07) is 3.85. The second-order valence-electron chi connectivity index (χ2n) is 3.72. The van der Waals surface area contributed by atoms with Crippen LogP contribution in [0.3, 0.4) is 0 Å². The highest BCUT2D eigenvalue weighted by Crippen LogP contribution is 2.39. The lowest BCUT2D eigenvalue weighted by Crippen LogP contribution is -2.08. The molecule has 0 saturated heterocycles. The van der Waals surface area contributed by atoms with Crippen LogP contribution in [-0.4, -0.2) is 35.8 Å². The normalized spacial score (nSPS) is 10.2. The van der Waals surface area contributed by atoms with E-state index >= 15 is 0 Å². The Hall–Kier alpha value is -2.37. The molecule has 2 aromatic rings. The molecule has 0 radical (unpaired) electrons. The van der Waals surface area contributed by atoms with Crippen LogP contribution in [0, 0.1) is 0 Å². The van der Waals surface area contributed by atoms with E-state index in [2.05, 4.69) is 20.9 Å². The summed E-state index contributed by atoms with van der Waals surface area (Å²) in [5.41, 5.74) is 1.35. The van der Waals surface area contributed by atoms with Gasteiger partial charge in [-0.25, -0.2) is 4.98 Å². The summed E-state index contributed by atoms with van der Waals surface area (Å²) in [5.74, 6) is 1.25. The molecule has 0 saturated carbocycles. The molecule has 6 nitrogen and oxygen atoms in total. The van der Waals surface area contributed by atoms with E-state index in [0.717, 1.165) is 5.69 Å². The first-order valence-electron chi connectivity index (χ1n) is 5.66. The van der Waals surface area contributed by atoms with E-state index in [1.54, 1.807) is 21.1 Å². The van der Waals surface area contributed by atoms with Crippen LogP contribution < -0.4 is 16.0 Å². The van der Waals surface area contributed by atoms with Gasteiger partial charge in [0.15, 0.2) is 17.4 Å². The molecule has 0 bridgehead atoms. The zero-order valence-electron chi connectivity index (χ0n) is 10.7. The van der Waals surface area contributed by atoms with Crippen LogP contribution in [-0.2, 0) is 0 Å². The predicted molar refractivity (Wildman–Crippen MR) is 73.9 cm³/mol. The number of rotatable bonds is 4. The van der Waals surface area contributed by atoms with E-state index < -0.39 is 0 Å². The highest BCUT2D eigenvalue weighted by molar-refractivity contribution is 5.85. The van der Waals surface area contributed by atoms with Crippen molar-refractivity contribution >= 4 is 17.2 Å². The third kappa shape index (κ3) is 1.81. The molecule has 18 heavy (non-hydrogen) atoms. The molecule has 0 aliphatic heterocycles. The summed E-state index contributed by atoms with van der Waals surface area (Å²) in [6.45, 7) is 0. The molecule has 0 fully saturated rings. The fraction of sp³-hybridized carbons (Fsp3) is 0.250. The smallest absolute Gasteiger partial charge is 0.184 e. The Morgan fingerprint density at radius 2 is 1.61 bits per heavy atom. The summed E-state index contributed by atoms with van der Waals surface area (Å²) in [4.78, 5) is 4.41. The van der Waals surface area contributed by atoms with Gasteiger partial charge in [0.05, 0.1) is 0 Å². The number of anilines is 3. The Balaban J connectivity index is 2.72. The Morgan fingerprint density at radius 3 is 2.11 bits per heavy atom. The van der Waals surface area contributed by atoms with E-state index in [4.69, 9.17) is 0 Å². The standard InChI is InChI=1S/C12H17N5O/c1-13-8-9(14-2)12(17-6-4-5-7-17)16-11(15-3)10(8)18/h4-7,14,18H,1-3H3,(H2,13,15,16). The van der Waals surface area contributed by atoms with Crippen LogP contribution in [0.25, 0.3) is 5.82 Å². The number of nitrogens with zero attached hydrogens (tertiary/aromatic N) is 2. The average Bonchev–Trinajstić information content (AvgIpc) is 2.91. The fourth-order valence-electron chi connectivity index (χ4n) is 1.88. The van der Waals surface area contributed by atoms with Crippen molar-refractivity contribution in [3.05, 3.63) is 24.5 Å². The molecule has 0 aliphatic rings. The molecule has 6 heteroatoms. The number of pyridine rings is 1. The molecular weight excluding hydrogens is 230 g/mol. The van der Waals surface area contributed by atoms with Gasteiger partial charge in [-0.15, -0.1) is 0 Å². The zero-order valence-corrected chi connectivity index (χ0v) is 10.7. The molecule has 0 spiro atoms. The van der Waals surface area contributed by atoms with Crippen molar-refractivity contribution in [2.75, 3.05) is 37.1 Å². The Kier molecular flexibility index (Phi) is 3.27. The first-order chi connectivity index (χ1) is 8.72. The van der Waals surface area contributed by atoms with Crippen molar-refractivity contribution in [3.63, 3.8) is 0 Å². The van der Waals surface area contributed by atoms with Crippen LogP contribution in [0.2, 0.25) is 0 Å². The topological polar surface area (TPSA) is 74.1 Å². The monoisotopic (exact) mass is 247 g/mol. The fourth-order valence-corrected chi connectivity index (χ4v) is 1.88. The lowest BCUT2D eigenvalue weighted by Gasteiger charge is -2.18. The molecule has 4 N–H and O–H groups in total. The maximum atomic E-state index is 10.1. The molecule has 2 rings (SSSR count). The van der Waals surface area contributed by atoms with Gasteiger partial charge in [-0.05, 0) is 12.1 Å². The van der Waals surface area contributed by atoms with Crippen molar-refractivity contribution in [1.82, 2.24) is 9.55 Å². The zero-order chi connectivity index (χ0) is 13.1. The highest BCUT2D eigenvalue weighted by Gasteiger charge is 2.17. The molecule has 2 aromatic heterocycles. The van der Waals surface area contributed by atoms with Crippen LogP contribution in [0.15, 0.2) is 24.5 Å². The van der Waals surface area contributed by atoms with Crippen molar-refractivity contribution in [3.8, 4) is 11.6 Å². The average molecular weight is 247 g/mol. The molecule has 2 heterocycles. The summed E-state index contributed by atoms with van der Waals surface area (Å²) in [5, 5.41) is 19.0. The maximum absolute atomic E-state index is 10.1. The minimum atomic E-state index is 0.0975. The van der Waals surface area contributed by atoms with Gasteiger partial charge >= 0.3 is 0 Å². The van der Waals surface area contributed by atoms with E-state index in [0.29, 0.717) is 17.3 Å². The second kappa shape index (κ2) is 4.87. The number of nitrogens with one attached hydrogen (secondary N) is 3. The van der Waals surface area contributed by atoms with Gasteiger partial charge in [0.1, 0.15) is 11.4 Å². The molecular formula is C12H17N5O. The van der Waals surface area contributed by atoms with Crippen molar-refractivity contribution in [2.24, 2.45) is 0 Å². The summed E-state index contributed by atoms with van der Waals surface area (Å²) < 4.78 is 1.88. The lowest BCUT2D eigenvalue weighted by atomic mass is 10.2. The van der Waals surface area contributed by atoms with E-state index in [-0.39, 0.29) is 5.75 Å². The van der Waals surface area contributed by atoms with Gasteiger partial charge in [-0.3, -0.25) is 0 Å². The van der Waals surface area contributed by atoms with Crippen LogP contribution in [0.1, 0.15) is 0 Å². The minimum absolute atomic E-state index is 0.0975.